The molecule has 4 aliphatic rings. The van der Waals surface area contributed by atoms with E-state index in [1.807, 2.05) is 0 Å². The maximum atomic E-state index is 12.5. The molecule has 0 bridgehead atoms. The molecule has 6 rings (SSSR count). The molecule has 0 spiro atoms. The number of hydrogen-bond donors (Lipinski definition) is 5. The molecule has 1 aliphatic carbocycles. The number of aromatic nitrogens is 4. The monoisotopic (exact) mass is 568 g/mol. The molecule has 218 valence electrons. The molecule has 0 radical (unpaired) electrons. The number of aliphatic hydroxyl groups excluding tert-OH is 2. The number of carbonyl (C=O) groups excluding carboxylic acids is 3. The van der Waals surface area contributed by atoms with Gasteiger partial charge in [-0.1, -0.05) is 5.92 Å². The lowest BCUT2D eigenvalue weighted by Gasteiger charge is -2.31. The maximum Gasteiger partial charge on any atom is 0.411 e. The van der Waals surface area contributed by atoms with E-state index in [0.717, 1.165) is 25.7 Å². The van der Waals surface area contributed by atoms with Gasteiger partial charge in [-0.3, -0.25) is 14.2 Å². The molecular weight excluding hydrogens is 536 g/mol. The van der Waals surface area contributed by atoms with Crippen LogP contribution in [0.25, 0.3) is 11.2 Å². The minimum atomic E-state index is -1.42. The first-order valence-corrected chi connectivity index (χ1v) is 13.8. The number of piperidine rings is 1. The maximum absolute atomic E-state index is 12.5. The summed E-state index contributed by atoms with van der Waals surface area (Å²) in [5.41, 5.74) is 6.65. The normalized spacial score (nSPS) is 28.3. The Morgan fingerprint density at radius 1 is 1.17 bits per heavy atom. The number of nitrogens with one attached hydrogen (secondary N) is 2. The summed E-state index contributed by atoms with van der Waals surface area (Å²) in [6.45, 7) is 1.07. The number of amides is 3. The van der Waals surface area contributed by atoms with Crippen molar-refractivity contribution < 1.29 is 34.1 Å². The average molecular weight is 569 g/mol. The summed E-state index contributed by atoms with van der Waals surface area (Å²) in [5.74, 6) is 5.98. The predicted molar refractivity (Wildman–Crippen MR) is 140 cm³/mol. The van der Waals surface area contributed by atoms with Gasteiger partial charge in [0.05, 0.1) is 6.33 Å². The van der Waals surface area contributed by atoms with Crippen molar-refractivity contribution in [1.82, 2.24) is 35.1 Å². The number of carbonyl (C=O) groups is 3. The average Bonchev–Trinajstić information content (AvgIpc) is 3.38. The molecule has 3 saturated heterocycles. The van der Waals surface area contributed by atoms with E-state index in [-0.39, 0.29) is 40.7 Å². The Balaban J connectivity index is 1.08. The molecule has 3 amide bonds. The van der Waals surface area contributed by atoms with Gasteiger partial charge in [-0.05, 0) is 37.5 Å². The van der Waals surface area contributed by atoms with Crippen LogP contribution in [0.15, 0.2) is 6.33 Å². The molecule has 6 N–H and O–H groups in total. The number of hydrogen-bond acceptors (Lipinski definition) is 11. The van der Waals surface area contributed by atoms with E-state index in [0.29, 0.717) is 32.4 Å². The summed E-state index contributed by atoms with van der Waals surface area (Å²) in [6.07, 6.45) is -0.0853. The van der Waals surface area contributed by atoms with E-state index in [9.17, 15) is 24.6 Å². The van der Waals surface area contributed by atoms with E-state index in [1.54, 1.807) is 4.90 Å². The largest absolute Gasteiger partial charge is 0.425 e. The van der Waals surface area contributed by atoms with Crippen LogP contribution in [0.1, 0.15) is 57.0 Å². The number of imidazole rings is 1. The highest BCUT2D eigenvalue weighted by molar-refractivity contribution is 5.83. The summed E-state index contributed by atoms with van der Waals surface area (Å²) in [5, 5.41) is 26.5. The molecule has 5 heterocycles. The van der Waals surface area contributed by atoms with Gasteiger partial charge < -0.3 is 41.0 Å². The first kappa shape index (κ1) is 27.2. The molecule has 1 unspecified atom stereocenters. The lowest BCUT2D eigenvalue weighted by molar-refractivity contribution is -0.137. The number of likely N-dealkylation sites (tertiary alicyclic amines) is 1. The van der Waals surface area contributed by atoms with E-state index in [1.165, 1.54) is 10.9 Å². The van der Waals surface area contributed by atoms with Crippen LogP contribution in [0.4, 0.5) is 10.6 Å². The summed E-state index contributed by atoms with van der Waals surface area (Å²) >= 11 is 0. The summed E-state index contributed by atoms with van der Waals surface area (Å²) in [4.78, 5) is 50.7. The Bertz CT molecular complexity index is 1410. The van der Waals surface area contributed by atoms with Gasteiger partial charge in [-0.25, -0.2) is 19.7 Å². The van der Waals surface area contributed by atoms with Gasteiger partial charge in [0.25, 0.3) is 5.91 Å². The van der Waals surface area contributed by atoms with Crippen molar-refractivity contribution in [3.8, 4) is 11.8 Å². The van der Waals surface area contributed by atoms with E-state index >= 15 is 0 Å². The number of nitrogen functional groups attached to an aromatic ring is 1. The number of nitrogens with two attached hydrogens (primary N) is 1. The quantitative estimate of drug-likeness (QED) is 0.280. The fraction of sp³-hybridized carbons (Fsp3) is 0.615. The van der Waals surface area contributed by atoms with Gasteiger partial charge in [-0.2, -0.15) is 0 Å². The molecule has 15 heteroatoms. The zero-order chi connectivity index (χ0) is 28.7. The second kappa shape index (κ2) is 11.1. The van der Waals surface area contributed by atoms with Gasteiger partial charge in [0.2, 0.25) is 11.7 Å². The first-order valence-electron chi connectivity index (χ1n) is 13.8. The van der Waals surface area contributed by atoms with Crippen molar-refractivity contribution in [3.05, 3.63) is 12.2 Å². The number of fused-ring (bicyclic) bond motifs is 1. The fourth-order valence-electron chi connectivity index (χ4n) is 5.26. The van der Waals surface area contributed by atoms with Crippen LogP contribution in [-0.2, 0) is 19.1 Å². The third-order valence-corrected chi connectivity index (χ3v) is 7.81. The number of aliphatic hydroxyl groups is 2. The van der Waals surface area contributed by atoms with E-state index in [4.69, 9.17) is 15.2 Å². The van der Waals surface area contributed by atoms with Crippen molar-refractivity contribution in [1.29, 1.82) is 0 Å². The first-order chi connectivity index (χ1) is 19.8. The molecule has 5 atom stereocenters. The molecule has 41 heavy (non-hydrogen) atoms. The van der Waals surface area contributed by atoms with Crippen LogP contribution in [0.3, 0.4) is 0 Å². The van der Waals surface area contributed by atoms with Crippen molar-refractivity contribution >= 4 is 34.9 Å². The van der Waals surface area contributed by atoms with E-state index < -0.39 is 42.8 Å². The number of nitrogens with zero attached hydrogens (tertiary/aromatic N) is 5. The summed E-state index contributed by atoms with van der Waals surface area (Å²) in [6, 6.07) is 0.0773. The zero-order valence-corrected chi connectivity index (χ0v) is 22.2. The molecule has 3 aliphatic heterocycles. The SMILES string of the molecule is Nc1nc(C#CCC2CCN(C(=O)OC3CCC(=O)N3)CC2)nc2c1ncn2[C@@H]1O[C@H](C(=O)NC2CC2)[C@@H](O)[C@H]1O. The van der Waals surface area contributed by atoms with E-state index in [2.05, 4.69) is 37.4 Å². The molecule has 0 aromatic carbocycles. The Hall–Kier alpha value is -4.00. The second-order valence-electron chi connectivity index (χ2n) is 10.9. The lowest BCUT2D eigenvalue weighted by Crippen LogP contribution is -2.43. The van der Waals surface area contributed by atoms with Gasteiger partial charge >= 0.3 is 6.09 Å². The molecular formula is C26H32N8O7. The second-order valence-corrected chi connectivity index (χ2v) is 10.9. The van der Waals surface area contributed by atoms with Crippen molar-refractivity contribution in [2.75, 3.05) is 18.8 Å². The fourth-order valence-corrected chi connectivity index (χ4v) is 5.26. The molecule has 1 saturated carbocycles. The van der Waals surface area contributed by atoms with Crippen molar-refractivity contribution in [3.63, 3.8) is 0 Å². The van der Waals surface area contributed by atoms with Crippen LogP contribution in [0, 0.1) is 17.8 Å². The third kappa shape index (κ3) is 5.76. The standard InChI is InChI=1S/C26H32N8O7/c27-22-18-23(34(12-28-18)25-20(37)19(36)21(41-25)24(38)29-14-4-5-14)31-15(30-22)3-1-2-13-8-10-33(11-9-13)26(39)40-17-7-6-16(35)32-17/h12-14,17,19-21,25,36-37H,2,4-11H2,(H,29,38)(H,32,35)(H2,27,30,31)/t17?,19-,20+,21-,25+/m0/s1. The Kier molecular flexibility index (Phi) is 7.37. The van der Waals surface area contributed by atoms with Gasteiger partial charge in [-0.15, -0.1) is 0 Å². The summed E-state index contributed by atoms with van der Waals surface area (Å²) in [7, 11) is 0. The van der Waals surface area contributed by atoms with Gasteiger partial charge in [0, 0.05) is 38.4 Å². The van der Waals surface area contributed by atoms with Crippen LogP contribution in [-0.4, -0.2) is 96.2 Å². The lowest BCUT2D eigenvalue weighted by atomic mass is 9.94. The predicted octanol–water partition coefficient (Wildman–Crippen LogP) is -0.867. The van der Waals surface area contributed by atoms with Crippen LogP contribution in [0.5, 0.6) is 0 Å². The summed E-state index contributed by atoms with van der Waals surface area (Å²) < 4.78 is 12.5. The highest BCUT2D eigenvalue weighted by atomic mass is 16.6. The highest BCUT2D eigenvalue weighted by Gasteiger charge is 2.48. The molecule has 15 nitrogen and oxygen atoms in total. The minimum Gasteiger partial charge on any atom is -0.425 e. The Morgan fingerprint density at radius 3 is 2.66 bits per heavy atom. The molecule has 2 aromatic heterocycles. The molecule has 2 aromatic rings. The smallest absolute Gasteiger partial charge is 0.411 e. The Labute approximate surface area is 234 Å². The van der Waals surface area contributed by atoms with Crippen molar-refractivity contribution in [2.45, 2.75) is 81.8 Å². The van der Waals surface area contributed by atoms with Crippen molar-refractivity contribution in [2.24, 2.45) is 5.92 Å². The number of rotatable bonds is 5. The topological polar surface area (TPSA) is 207 Å². The van der Waals surface area contributed by atoms with Crippen LogP contribution < -0.4 is 16.4 Å². The molecule has 4 fully saturated rings. The van der Waals surface area contributed by atoms with Crippen LogP contribution >= 0.6 is 0 Å². The highest BCUT2D eigenvalue weighted by Crippen LogP contribution is 2.33. The number of ether oxygens (including phenoxy) is 2. The van der Waals surface area contributed by atoms with Crippen LogP contribution in [0.2, 0.25) is 0 Å². The minimum absolute atomic E-state index is 0.0773. The zero-order valence-electron chi connectivity index (χ0n) is 22.2. The van der Waals surface area contributed by atoms with Gasteiger partial charge in [0.15, 0.2) is 30.0 Å². The number of anilines is 1. The Morgan fingerprint density at radius 2 is 1.95 bits per heavy atom. The third-order valence-electron chi connectivity index (χ3n) is 7.81. The van der Waals surface area contributed by atoms with Gasteiger partial charge in [0.1, 0.15) is 17.7 Å².